The van der Waals surface area contributed by atoms with Gasteiger partial charge in [-0.25, -0.2) is 0 Å². The van der Waals surface area contributed by atoms with Crippen LogP contribution < -0.4 is 5.73 Å². The predicted molar refractivity (Wildman–Crippen MR) is 82.6 cm³/mol. The summed E-state index contributed by atoms with van der Waals surface area (Å²) in [6.07, 6.45) is 1.02. The van der Waals surface area contributed by atoms with Gasteiger partial charge in [-0.3, -0.25) is 9.69 Å². The molecule has 2 fully saturated rings. The number of nitrogens with two attached hydrogens (primary N) is 1. The van der Waals surface area contributed by atoms with Crippen LogP contribution in [-0.4, -0.2) is 61.1 Å². The van der Waals surface area contributed by atoms with Crippen LogP contribution in [0.15, 0.2) is 18.2 Å². The maximum atomic E-state index is 12.5. The number of amides is 1. The fraction of sp³-hybridized carbons (Fsp3) is 0.533. The summed E-state index contributed by atoms with van der Waals surface area (Å²) in [6, 6.07) is 5.46. The molecular weight excluding hydrogens is 290 g/mol. The van der Waals surface area contributed by atoms with Crippen LogP contribution in [-0.2, 0) is 4.74 Å². The number of hydrogen-bond donors (Lipinski definition) is 1. The van der Waals surface area contributed by atoms with Gasteiger partial charge in [-0.15, -0.1) is 0 Å². The zero-order valence-electron chi connectivity index (χ0n) is 11.9. The van der Waals surface area contributed by atoms with Crippen molar-refractivity contribution in [1.82, 2.24) is 9.80 Å². The Kier molecular flexibility index (Phi) is 4.33. The second-order valence-corrected chi connectivity index (χ2v) is 6.05. The van der Waals surface area contributed by atoms with E-state index in [0.717, 1.165) is 45.8 Å². The zero-order valence-corrected chi connectivity index (χ0v) is 12.7. The van der Waals surface area contributed by atoms with Crippen LogP contribution in [0.25, 0.3) is 0 Å². The molecular formula is C15H20ClN3O2. The number of ether oxygens (including phenoxy) is 1. The number of nitrogens with zero attached hydrogens (tertiary/aromatic N) is 2. The average Bonchev–Trinajstić information content (AvgIpc) is 2.96. The molecule has 5 nitrogen and oxygen atoms in total. The first-order chi connectivity index (χ1) is 10.1. The van der Waals surface area contributed by atoms with Gasteiger partial charge in [-0.2, -0.15) is 0 Å². The largest absolute Gasteiger partial charge is 0.399 e. The van der Waals surface area contributed by atoms with Gasteiger partial charge in [0.2, 0.25) is 0 Å². The predicted octanol–water partition coefficient (Wildman–Crippen LogP) is 1.47. The summed E-state index contributed by atoms with van der Waals surface area (Å²) in [5, 5.41) is 0.502. The standard InChI is InChI=1S/C15H20ClN3O2/c16-12-7-11(8-13(17)9-12)15(20)19-2-1-14(10-19)18-3-5-21-6-4-18/h7-9,14H,1-6,10,17H2. The lowest BCUT2D eigenvalue weighted by Gasteiger charge is -2.32. The van der Waals surface area contributed by atoms with Crippen molar-refractivity contribution in [1.29, 1.82) is 0 Å². The molecule has 2 aliphatic rings. The summed E-state index contributed by atoms with van der Waals surface area (Å²) in [5.74, 6) is 0.0139. The molecule has 0 radical (unpaired) electrons. The van der Waals surface area contributed by atoms with E-state index < -0.39 is 0 Å². The van der Waals surface area contributed by atoms with E-state index in [4.69, 9.17) is 22.1 Å². The topological polar surface area (TPSA) is 58.8 Å². The molecule has 2 aliphatic heterocycles. The molecule has 1 amide bonds. The minimum Gasteiger partial charge on any atom is -0.399 e. The highest BCUT2D eigenvalue weighted by Crippen LogP contribution is 2.22. The number of halogens is 1. The monoisotopic (exact) mass is 309 g/mol. The number of rotatable bonds is 2. The van der Waals surface area contributed by atoms with Gasteiger partial charge < -0.3 is 15.4 Å². The van der Waals surface area contributed by atoms with Gasteiger partial charge in [0.25, 0.3) is 5.91 Å². The molecule has 2 saturated heterocycles. The number of nitrogen functional groups attached to an aromatic ring is 1. The maximum Gasteiger partial charge on any atom is 0.254 e. The summed E-state index contributed by atoms with van der Waals surface area (Å²) in [6.45, 7) is 5.04. The SMILES string of the molecule is Nc1cc(Cl)cc(C(=O)N2CCC(N3CCOCC3)C2)c1. The minimum absolute atomic E-state index is 0.0139. The van der Waals surface area contributed by atoms with Gasteiger partial charge >= 0.3 is 0 Å². The highest BCUT2D eigenvalue weighted by atomic mass is 35.5. The van der Waals surface area contributed by atoms with Gasteiger partial charge in [-0.1, -0.05) is 11.6 Å². The van der Waals surface area contributed by atoms with Crippen molar-refractivity contribution < 1.29 is 9.53 Å². The number of hydrogen-bond acceptors (Lipinski definition) is 4. The van der Waals surface area contributed by atoms with E-state index >= 15 is 0 Å². The Bertz CT molecular complexity index is 511. The lowest BCUT2D eigenvalue weighted by Crippen LogP contribution is -2.45. The van der Waals surface area contributed by atoms with Crippen LogP contribution in [0, 0.1) is 0 Å². The molecule has 0 spiro atoms. The molecule has 0 aliphatic carbocycles. The van der Waals surface area contributed by atoms with Gasteiger partial charge in [0.05, 0.1) is 13.2 Å². The van der Waals surface area contributed by atoms with E-state index in [1.165, 1.54) is 0 Å². The Labute approximate surface area is 129 Å². The van der Waals surface area contributed by atoms with Crippen molar-refractivity contribution in [2.75, 3.05) is 45.1 Å². The van der Waals surface area contributed by atoms with E-state index in [9.17, 15) is 4.79 Å². The van der Waals surface area contributed by atoms with Gasteiger partial charge in [-0.05, 0) is 24.6 Å². The van der Waals surface area contributed by atoms with Crippen LogP contribution in [0.3, 0.4) is 0 Å². The molecule has 1 unspecified atom stereocenters. The normalized spacial score (nSPS) is 23.5. The molecule has 1 aromatic rings. The van der Waals surface area contributed by atoms with Crippen LogP contribution >= 0.6 is 11.6 Å². The molecule has 1 atom stereocenters. The number of likely N-dealkylation sites (tertiary alicyclic amines) is 1. The van der Waals surface area contributed by atoms with E-state index in [2.05, 4.69) is 4.90 Å². The van der Waals surface area contributed by atoms with Crippen LogP contribution in [0.4, 0.5) is 5.69 Å². The molecule has 0 aromatic heterocycles. The summed E-state index contributed by atoms with van der Waals surface area (Å²) in [5.41, 5.74) is 6.86. The molecule has 1 aromatic carbocycles. The smallest absolute Gasteiger partial charge is 0.254 e. The van der Waals surface area contributed by atoms with Crippen LogP contribution in [0.5, 0.6) is 0 Å². The lowest BCUT2D eigenvalue weighted by atomic mass is 10.2. The van der Waals surface area contributed by atoms with Crippen LogP contribution in [0.2, 0.25) is 5.02 Å². The average molecular weight is 310 g/mol. The third-order valence-electron chi connectivity index (χ3n) is 4.18. The van der Waals surface area contributed by atoms with Crippen molar-refractivity contribution >= 4 is 23.2 Å². The Morgan fingerprint density at radius 1 is 1.24 bits per heavy atom. The van der Waals surface area contributed by atoms with E-state index in [-0.39, 0.29) is 5.91 Å². The summed E-state index contributed by atoms with van der Waals surface area (Å²) in [7, 11) is 0. The second kappa shape index (κ2) is 6.22. The Morgan fingerprint density at radius 3 is 2.71 bits per heavy atom. The van der Waals surface area contributed by atoms with Crippen molar-refractivity contribution in [2.45, 2.75) is 12.5 Å². The summed E-state index contributed by atoms with van der Waals surface area (Å²) < 4.78 is 5.38. The molecule has 0 bridgehead atoms. The van der Waals surface area contributed by atoms with E-state index in [1.54, 1.807) is 18.2 Å². The second-order valence-electron chi connectivity index (χ2n) is 5.62. The molecule has 2 N–H and O–H groups in total. The first-order valence-corrected chi connectivity index (χ1v) is 7.68. The Balaban J connectivity index is 1.66. The lowest BCUT2D eigenvalue weighted by molar-refractivity contribution is 0.0185. The summed E-state index contributed by atoms with van der Waals surface area (Å²) >= 11 is 5.98. The van der Waals surface area contributed by atoms with Gasteiger partial charge in [0.15, 0.2) is 0 Å². The van der Waals surface area contributed by atoms with Crippen LogP contribution in [0.1, 0.15) is 16.8 Å². The van der Waals surface area contributed by atoms with Crippen molar-refractivity contribution in [3.05, 3.63) is 28.8 Å². The quantitative estimate of drug-likeness (QED) is 0.841. The van der Waals surface area contributed by atoms with Gasteiger partial charge in [0.1, 0.15) is 0 Å². The molecule has 21 heavy (non-hydrogen) atoms. The van der Waals surface area contributed by atoms with Crippen molar-refractivity contribution in [3.8, 4) is 0 Å². The van der Waals surface area contributed by atoms with E-state index in [0.29, 0.717) is 22.3 Å². The number of benzene rings is 1. The molecule has 6 heteroatoms. The van der Waals surface area contributed by atoms with Gasteiger partial charge in [0, 0.05) is 48.5 Å². The van der Waals surface area contributed by atoms with E-state index in [1.807, 2.05) is 4.90 Å². The first-order valence-electron chi connectivity index (χ1n) is 7.30. The molecule has 114 valence electrons. The zero-order chi connectivity index (χ0) is 14.8. The van der Waals surface area contributed by atoms with Crippen molar-refractivity contribution in [2.24, 2.45) is 0 Å². The summed E-state index contributed by atoms with van der Waals surface area (Å²) in [4.78, 5) is 16.9. The molecule has 0 saturated carbocycles. The third-order valence-corrected chi connectivity index (χ3v) is 4.40. The number of carbonyl (C=O) groups excluding carboxylic acids is 1. The fourth-order valence-corrected chi connectivity index (χ4v) is 3.33. The highest BCUT2D eigenvalue weighted by Gasteiger charge is 2.31. The fourth-order valence-electron chi connectivity index (χ4n) is 3.09. The minimum atomic E-state index is 0.0139. The molecule has 3 rings (SSSR count). The Morgan fingerprint density at radius 2 is 2.00 bits per heavy atom. The first kappa shape index (κ1) is 14.6. The number of carbonyl (C=O) groups is 1. The third kappa shape index (κ3) is 3.31. The highest BCUT2D eigenvalue weighted by molar-refractivity contribution is 6.31. The van der Waals surface area contributed by atoms with Crippen molar-refractivity contribution in [3.63, 3.8) is 0 Å². The number of anilines is 1. The molecule has 2 heterocycles. The maximum absolute atomic E-state index is 12.5. The Hall–Kier alpha value is -1.30. The number of morpholine rings is 1.